The van der Waals surface area contributed by atoms with Crippen molar-refractivity contribution in [2.75, 3.05) is 29.6 Å². The summed E-state index contributed by atoms with van der Waals surface area (Å²) in [6.45, 7) is 3.74. The third-order valence-corrected chi connectivity index (χ3v) is 6.54. The van der Waals surface area contributed by atoms with Crippen molar-refractivity contribution in [2.45, 2.75) is 43.7 Å². The number of benzene rings is 2. The van der Waals surface area contributed by atoms with Crippen molar-refractivity contribution in [3.63, 3.8) is 0 Å². The van der Waals surface area contributed by atoms with Gasteiger partial charge in [-0.05, 0) is 68.8 Å². The second-order valence-electron chi connectivity index (χ2n) is 7.53. The molecule has 2 amide bonds. The zero-order chi connectivity index (χ0) is 20.4. The molecule has 0 spiro atoms. The van der Waals surface area contributed by atoms with Crippen LogP contribution in [0.5, 0.6) is 0 Å². The molecule has 2 aliphatic heterocycles. The first-order valence-corrected chi connectivity index (χ1v) is 11.5. The van der Waals surface area contributed by atoms with E-state index in [1.54, 1.807) is 17.8 Å². The maximum Gasteiger partial charge on any atom is 0.257 e. The van der Waals surface area contributed by atoms with E-state index in [1.165, 1.54) is 0 Å². The average Bonchev–Trinajstić information content (AvgIpc) is 3.00. The van der Waals surface area contributed by atoms with Crippen molar-refractivity contribution < 1.29 is 9.59 Å². The van der Waals surface area contributed by atoms with Crippen molar-refractivity contribution in [1.82, 2.24) is 4.90 Å². The molecule has 1 N–H and O–H groups in total. The Morgan fingerprint density at radius 1 is 1.17 bits per heavy atom. The summed E-state index contributed by atoms with van der Waals surface area (Å²) in [5.41, 5.74) is 2.93. The molecule has 2 heterocycles. The molecule has 0 saturated carbocycles. The largest absolute Gasteiger partial charge is 0.351 e. The van der Waals surface area contributed by atoms with Crippen LogP contribution in [0.3, 0.4) is 0 Å². The normalized spacial score (nSPS) is 18.7. The third kappa shape index (κ3) is 3.86. The van der Waals surface area contributed by atoms with Gasteiger partial charge in [0.15, 0.2) is 0 Å². The molecule has 152 valence electrons. The summed E-state index contributed by atoms with van der Waals surface area (Å²) >= 11 is 1.64. The van der Waals surface area contributed by atoms with E-state index in [4.69, 9.17) is 0 Å². The van der Waals surface area contributed by atoms with Crippen LogP contribution in [-0.4, -0.2) is 42.2 Å². The number of hydrogen-bond acceptors (Lipinski definition) is 4. The Morgan fingerprint density at radius 3 is 2.83 bits per heavy atom. The molecule has 5 nitrogen and oxygen atoms in total. The van der Waals surface area contributed by atoms with Gasteiger partial charge in [0.05, 0.1) is 11.3 Å². The monoisotopic (exact) mass is 409 g/mol. The molecule has 4 rings (SSSR count). The minimum Gasteiger partial charge on any atom is -0.351 e. The summed E-state index contributed by atoms with van der Waals surface area (Å²) in [5, 5.41) is 2.98. The van der Waals surface area contributed by atoms with E-state index in [1.807, 2.05) is 47.6 Å². The van der Waals surface area contributed by atoms with Gasteiger partial charge in [0, 0.05) is 29.2 Å². The van der Waals surface area contributed by atoms with Crippen LogP contribution >= 0.6 is 11.8 Å². The van der Waals surface area contributed by atoms with E-state index in [0.29, 0.717) is 11.1 Å². The molecule has 2 aliphatic rings. The molecule has 1 atom stereocenters. The fraction of sp³-hybridized carbons (Fsp3) is 0.391. The standard InChI is InChI=1S/C23H27N3O2S/c1-3-25-20-14-16(22(27)24-17-8-7-9-18(15-17)29-2)11-12-19(20)23(28)26-13-6-4-5-10-21(25)26/h7-9,11-12,14-15,21H,3-6,10,13H2,1-2H3,(H,24,27)/t21-/m1/s1. The lowest BCUT2D eigenvalue weighted by Crippen LogP contribution is -2.55. The van der Waals surface area contributed by atoms with Gasteiger partial charge in [-0.1, -0.05) is 12.5 Å². The van der Waals surface area contributed by atoms with Gasteiger partial charge in [-0.2, -0.15) is 0 Å². The summed E-state index contributed by atoms with van der Waals surface area (Å²) in [7, 11) is 0. The van der Waals surface area contributed by atoms with Crippen LogP contribution in [-0.2, 0) is 0 Å². The van der Waals surface area contributed by atoms with Crippen molar-refractivity contribution >= 4 is 35.0 Å². The van der Waals surface area contributed by atoms with Crippen molar-refractivity contribution in [3.8, 4) is 0 Å². The molecule has 0 bridgehead atoms. The van der Waals surface area contributed by atoms with Crippen LogP contribution < -0.4 is 10.2 Å². The van der Waals surface area contributed by atoms with Gasteiger partial charge in [-0.3, -0.25) is 9.59 Å². The predicted octanol–water partition coefficient (Wildman–Crippen LogP) is 4.84. The highest BCUT2D eigenvalue weighted by atomic mass is 32.2. The van der Waals surface area contributed by atoms with Crippen LogP contribution in [0.25, 0.3) is 0 Å². The SMILES string of the molecule is CCN1c2cc(C(=O)Nc3cccc(SC)c3)ccc2C(=O)N2CCCCC[C@@H]21. The smallest absolute Gasteiger partial charge is 0.257 e. The fourth-order valence-corrected chi connectivity index (χ4v) is 4.80. The van der Waals surface area contributed by atoms with E-state index in [2.05, 4.69) is 17.1 Å². The second-order valence-corrected chi connectivity index (χ2v) is 8.41. The van der Waals surface area contributed by atoms with E-state index in [9.17, 15) is 9.59 Å². The number of rotatable bonds is 4. The Morgan fingerprint density at radius 2 is 2.03 bits per heavy atom. The van der Waals surface area contributed by atoms with E-state index in [0.717, 1.165) is 55.0 Å². The molecule has 1 fully saturated rings. The Kier molecular flexibility index (Phi) is 5.81. The van der Waals surface area contributed by atoms with E-state index < -0.39 is 0 Å². The van der Waals surface area contributed by atoms with E-state index >= 15 is 0 Å². The molecular formula is C23H27N3O2S. The van der Waals surface area contributed by atoms with Crippen LogP contribution in [0, 0.1) is 0 Å². The molecular weight excluding hydrogens is 382 g/mol. The van der Waals surface area contributed by atoms with Crippen LogP contribution in [0.1, 0.15) is 53.3 Å². The maximum atomic E-state index is 13.1. The first-order chi connectivity index (χ1) is 14.1. The fourth-order valence-electron chi connectivity index (χ4n) is 4.34. The summed E-state index contributed by atoms with van der Waals surface area (Å²) in [6.07, 6.45) is 6.45. The van der Waals surface area contributed by atoms with Gasteiger partial charge in [0.25, 0.3) is 11.8 Å². The van der Waals surface area contributed by atoms with E-state index in [-0.39, 0.29) is 18.0 Å². The van der Waals surface area contributed by atoms with Crippen LogP contribution in [0.15, 0.2) is 47.4 Å². The van der Waals surface area contributed by atoms with Gasteiger partial charge >= 0.3 is 0 Å². The lowest BCUT2D eigenvalue weighted by Gasteiger charge is -2.44. The van der Waals surface area contributed by atoms with Gasteiger partial charge < -0.3 is 15.1 Å². The first-order valence-electron chi connectivity index (χ1n) is 10.3. The highest BCUT2D eigenvalue weighted by molar-refractivity contribution is 7.98. The molecule has 0 radical (unpaired) electrons. The lowest BCUT2D eigenvalue weighted by atomic mass is 10.0. The number of carbonyl (C=O) groups excluding carboxylic acids is 2. The molecule has 0 aromatic heterocycles. The van der Waals surface area contributed by atoms with Crippen molar-refractivity contribution in [3.05, 3.63) is 53.6 Å². The zero-order valence-corrected chi connectivity index (χ0v) is 17.8. The number of amides is 2. The number of nitrogens with one attached hydrogen (secondary N) is 1. The minimum atomic E-state index is -0.155. The second kappa shape index (κ2) is 8.49. The van der Waals surface area contributed by atoms with Gasteiger partial charge in [0.1, 0.15) is 6.17 Å². The Hall–Kier alpha value is -2.47. The molecule has 6 heteroatoms. The van der Waals surface area contributed by atoms with Gasteiger partial charge in [-0.15, -0.1) is 11.8 Å². The Bertz CT molecular complexity index is 930. The van der Waals surface area contributed by atoms with Crippen molar-refractivity contribution in [2.24, 2.45) is 0 Å². The van der Waals surface area contributed by atoms with Gasteiger partial charge in [0.2, 0.25) is 0 Å². The number of nitrogens with zero attached hydrogens (tertiary/aromatic N) is 2. The quantitative estimate of drug-likeness (QED) is 0.734. The average molecular weight is 410 g/mol. The van der Waals surface area contributed by atoms with Gasteiger partial charge in [-0.25, -0.2) is 0 Å². The number of hydrogen-bond donors (Lipinski definition) is 1. The van der Waals surface area contributed by atoms with Crippen LogP contribution in [0.2, 0.25) is 0 Å². The first kappa shape index (κ1) is 19.8. The third-order valence-electron chi connectivity index (χ3n) is 5.81. The summed E-state index contributed by atoms with van der Waals surface area (Å²) in [6, 6.07) is 13.3. The molecule has 2 aromatic carbocycles. The maximum absolute atomic E-state index is 13.1. The minimum absolute atomic E-state index is 0.0937. The number of thioether (sulfide) groups is 1. The van der Waals surface area contributed by atoms with Crippen LogP contribution in [0.4, 0.5) is 11.4 Å². The zero-order valence-electron chi connectivity index (χ0n) is 17.0. The summed E-state index contributed by atoms with van der Waals surface area (Å²) in [4.78, 5) is 31.4. The highest BCUT2D eigenvalue weighted by Gasteiger charge is 2.37. The lowest BCUT2D eigenvalue weighted by molar-refractivity contribution is 0.0656. The molecule has 29 heavy (non-hydrogen) atoms. The molecule has 2 aromatic rings. The molecule has 0 unspecified atom stereocenters. The topological polar surface area (TPSA) is 52.7 Å². The van der Waals surface area contributed by atoms with Crippen molar-refractivity contribution in [1.29, 1.82) is 0 Å². The highest BCUT2D eigenvalue weighted by Crippen LogP contribution is 2.35. The Balaban J connectivity index is 1.64. The Labute approximate surface area is 176 Å². The predicted molar refractivity (Wildman–Crippen MR) is 119 cm³/mol. The number of carbonyl (C=O) groups is 2. The summed E-state index contributed by atoms with van der Waals surface area (Å²) < 4.78 is 0. The number of anilines is 2. The summed E-state index contributed by atoms with van der Waals surface area (Å²) in [5.74, 6) is -0.0610. The molecule has 1 saturated heterocycles. The molecule has 0 aliphatic carbocycles. The number of fused-ring (bicyclic) bond motifs is 2.